The number of alkyl halides is 1. The second-order valence-corrected chi connectivity index (χ2v) is 3.99. The third-order valence-electron chi connectivity index (χ3n) is 1.52. The molecule has 0 saturated carbocycles. The predicted molar refractivity (Wildman–Crippen MR) is 54.9 cm³/mol. The summed E-state index contributed by atoms with van der Waals surface area (Å²) in [4.78, 5) is 4.21. The normalized spacial score (nSPS) is 12.0. The zero-order chi connectivity index (χ0) is 8.81. The van der Waals surface area contributed by atoms with Gasteiger partial charge in [0.1, 0.15) is 0 Å². The van der Waals surface area contributed by atoms with Crippen LogP contribution < -0.4 is 0 Å². The summed E-state index contributed by atoms with van der Waals surface area (Å²) in [6.45, 7) is 2.12. The van der Waals surface area contributed by atoms with Crippen molar-refractivity contribution in [1.82, 2.24) is 4.98 Å². The summed E-state index contributed by atoms with van der Waals surface area (Å²) < 4.78 is 0. The topological polar surface area (TPSA) is 12.9 Å². The molecule has 0 aliphatic rings. The lowest BCUT2D eigenvalue weighted by molar-refractivity contribution is 1.07. The van der Waals surface area contributed by atoms with Crippen LogP contribution >= 0.6 is 22.9 Å². The van der Waals surface area contributed by atoms with Gasteiger partial charge in [0, 0.05) is 23.9 Å². The van der Waals surface area contributed by atoms with Crippen LogP contribution in [0.15, 0.2) is 23.2 Å². The first-order valence-corrected chi connectivity index (χ1v) is 5.34. The monoisotopic (exact) mass is 201 g/mol. The molecule has 0 radical (unpaired) electrons. The van der Waals surface area contributed by atoms with Crippen molar-refractivity contribution < 1.29 is 0 Å². The SMILES string of the molecule is CC(=CCCCl)Cc1nccs1. The van der Waals surface area contributed by atoms with Gasteiger partial charge in [-0.1, -0.05) is 11.6 Å². The van der Waals surface area contributed by atoms with E-state index in [1.165, 1.54) is 10.6 Å². The van der Waals surface area contributed by atoms with Crippen molar-refractivity contribution in [1.29, 1.82) is 0 Å². The summed E-state index contributed by atoms with van der Waals surface area (Å²) in [5, 5.41) is 3.18. The van der Waals surface area contributed by atoms with E-state index in [2.05, 4.69) is 18.0 Å². The summed E-state index contributed by atoms with van der Waals surface area (Å²) in [6.07, 6.45) is 5.94. The van der Waals surface area contributed by atoms with Crippen LogP contribution in [0.25, 0.3) is 0 Å². The van der Waals surface area contributed by atoms with Crippen molar-refractivity contribution >= 4 is 22.9 Å². The molecule has 12 heavy (non-hydrogen) atoms. The molecular weight excluding hydrogens is 190 g/mol. The van der Waals surface area contributed by atoms with Gasteiger partial charge in [-0.3, -0.25) is 0 Å². The molecule has 0 amide bonds. The Balaban J connectivity index is 2.41. The first-order valence-electron chi connectivity index (χ1n) is 3.93. The Kier molecular flexibility index (Phi) is 4.33. The second kappa shape index (κ2) is 5.33. The summed E-state index contributed by atoms with van der Waals surface area (Å²) >= 11 is 7.27. The highest BCUT2D eigenvalue weighted by Crippen LogP contribution is 2.10. The van der Waals surface area contributed by atoms with E-state index in [9.17, 15) is 0 Å². The van der Waals surface area contributed by atoms with Gasteiger partial charge in [-0.25, -0.2) is 4.98 Å². The predicted octanol–water partition coefficient (Wildman–Crippen LogP) is 3.26. The Labute approximate surface area is 82.1 Å². The molecule has 0 N–H and O–H groups in total. The van der Waals surface area contributed by atoms with Crippen molar-refractivity contribution in [2.24, 2.45) is 0 Å². The number of rotatable bonds is 4. The fourth-order valence-corrected chi connectivity index (χ4v) is 1.77. The Morgan fingerprint density at radius 3 is 3.17 bits per heavy atom. The standard InChI is InChI=1S/C9H12ClNS/c1-8(3-2-4-10)7-9-11-5-6-12-9/h3,5-6H,2,4,7H2,1H3. The molecule has 66 valence electrons. The molecule has 3 heteroatoms. The van der Waals surface area contributed by atoms with Crippen molar-refractivity contribution in [3.8, 4) is 0 Å². The summed E-state index contributed by atoms with van der Waals surface area (Å²) in [6, 6.07) is 0. The largest absolute Gasteiger partial charge is 0.249 e. The van der Waals surface area contributed by atoms with Crippen molar-refractivity contribution in [3.63, 3.8) is 0 Å². The van der Waals surface area contributed by atoms with Gasteiger partial charge in [0.05, 0.1) is 5.01 Å². The van der Waals surface area contributed by atoms with E-state index >= 15 is 0 Å². The van der Waals surface area contributed by atoms with Crippen LogP contribution in [0.2, 0.25) is 0 Å². The van der Waals surface area contributed by atoms with Crippen LogP contribution in [0.3, 0.4) is 0 Å². The second-order valence-electron chi connectivity index (χ2n) is 2.63. The van der Waals surface area contributed by atoms with E-state index in [0.29, 0.717) is 5.88 Å². The molecule has 0 unspecified atom stereocenters. The minimum atomic E-state index is 0.704. The molecule has 0 spiro atoms. The Morgan fingerprint density at radius 1 is 1.75 bits per heavy atom. The van der Waals surface area contributed by atoms with Gasteiger partial charge in [-0.2, -0.15) is 0 Å². The molecular formula is C9H12ClNS. The molecule has 1 aromatic rings. The van der Waals surface area contributed by atoms with Gasteiger partial charge < -0.3 is 0 Å². The molecule has 0 aliphatic heterocycles. The van der Waals surface area contributed by atoms with Gasteiger partial charge in [-0.05, 0) is 13.3 Å². The number of nitrogens with zero attached hydrogens (tertiary/aromatic N) is 1. The van der Waals surface area contributed by atoms with Crippen molar-refractivity contribution in [2.75, 3.05) is 5.88 Å². The fourth-order valence-electron chi connectivity index (χ4n) is 0.952. The highest BCUT2D eigenvalue weighted by Gasteiger charge is 1.95. The molecule has 0 fully saturated rings. The molecule has 1 rings (SSSR count). The van der Waals surface area contributed by atoms with Crippen molar-refractivity contribution in [3.05, 3.63) is 28.2 Å². The molecule has 0 saturated heterocycles. The van der Waals surface area contributed by atoms with E-state index in [0.717, 1.165) is 12.8 Å². The van der Waals surface area contributed by atoms with E-state index in [1.807, 2.05) is 11.6 Å². The minimum absolute atomic E-state index is 0.704. The van der Waals surface area contributed by atoms with E-state index < -0.39 is 0 Å². The zero-order valence-corrected chi connectivity index (χ0v) is 8.66. The summed E-state index contributed by atoms with van der Waals surface area (Å²) in [5.41, 5.74) is 1.35. The summed E-state index contributed by atoms with van der Waals surface area (Å²) in [5.74, 6) is 0.704. The molecule has 0 aliphatic carbocycles. The lowest BCUT2D eigenvalue weighted by Gasteiger charge is -1.95. The molecule has 1 nitrogen and oxygen atoms in total. The quantitative estimate of drug-likeness (QED) is 0.538. The van der Waals surface area contributed by atoms with E-state index in [4.69, 9.17) is 11.6 Å². The van der Waals surface area contributed by atoms with E-state index in [1.54, 1.807) is 11.3 Å². The van der Waals surface area contributed by atoms with Crippen LogP contribution in [-0.4, -0.2) is 10.9 Å². The Morgan fingerprint density at radius 2 is 2.58 bits per heavy atom. The number of hydrogen-bond donors (Lipinski definition) is 0. The lowest BCUT2D eigenvalue weighted by Crippen LogP contribution is -1.85. The first-order chi connectivity index (χ1) is 5.83. The fraction of sp³-hybridized carbons (Fsp3) is 0.444. The number of aromatic nitrogens is 1. The molecule has 0 bridgehead atoms. The average Bonchev–Trinajstić information content (AvgIpc) is 2.53. The van der Waals surface area contributed by atoms with Gasteiger partial charge in [0.25, 0.3) is 0 Å². The number of hydrogen-bond acceptors (Lipinski definition) is 2. The van der Waals surface area contributed by atoms with E-state index in [-0.39, 0.29) is 0 Å². The van der Waals surface area contributed by atoms with Crippen LogP contribution in [0.5, 0.6) is 0 Å². The maximum absolute atomic E-state index is 5.57. The maximum Gasteiger partial charge on any atom is 0.0965 e. The number of thiazole rings is 1. The molecule has 0 atom stereocenters. The molecule has 1 heterocycles. The van der Waals surface area contributed by atoms with Crippen LogP contribution in [0.1, 0.15) is 18.4 Å². The maximum atomic E-state index is 5.57. The Bertz CT molecular complexity index is 241. The third-order valence-corrected chi connectivity index (χ3v) is 2.51. The lowest BCUT2D eigenvalue weighted by atomic mass is 10.2. The first kappa shape index (κ1) is 9.75. The molecule has 0 aromatic carbocycles. The molecule has 1 aromatic heterocycles. The van der Waals surface area contributed by atoms with Crippen molar-refractivity contribution in [2.45, 2.75) is 19.8 Å². The van der Waals surface area contributed by atoms with Gasteiger partial charge in [0.15, 0.2) is 0 Å². The Hall–Kier alpha value is -0.340. The number of halogens is 1. The van der Waals surface area contributed by atoms with Gasteiger partial charge in [0.2, 0.25) is 0 Å². The zero-order valence-electron chi connectivity index (χ0n) is 7.09. The van der Waals surface area contributed by atoms with Crippen LogP contribution in [-0.2, 0) is 6.42 Å². The average molecular weight is 202 g/mol. The van der Waals surface area contributed by atoms with Crippen LogP contribution in [0, 0.1) is 0 Å². The smallest absolute Gasteiger partial charge is 0.0965 e. The van der Waals surface area contributed by atoms with Gasteiger partial charge >= 0.3 is 0 Å². The van der Waals surface area contributed by atoms with Gasteiger partial charge in [-0.15, -0.1) is 22.9 Å². The highest BCUT2D eigenvalue weighted by molar-refractivity contribution is 7.09. The number of allylic oxidation sites excluding steroid dienone is 2. The third kappa shape index (κ3) is 3.37. The summed E-state index contributed by atoms with van der Waals surface area (Å²) in [7, 11) is 0. The van der Waals surface area contributed by atoms with Crippen LogP contribution in [0.4, 0.5) is 0 Å². The minimum Gasteiger partial charge on any atom is -0.249 e. The highest BCUT2D eigenvalue weighted by atomic mass is 35.5.